The lowest BCUT2D eigenvalue weighted by Gasteiger charge is -2.21. The Morgan fingerprint density at radius 1 is 0.531 bits per heavy atom. The van der Waals surface area contributed by atoms with E-state index in [2.05, 4.69) is 89.2 Å². The molecule has 3 nitrogen and oxygen atoms in total. The first-order valence-electron chi connectivity index (χ1n) is 10.9. The summed E-state index contributed by atoms with van der Waals surface area (Å²) in [6, 6.07) is 20.9. The Kier molecular flexibility index (Phi) is 4.90. The Labute approximate surface area is 189 Å². The SMILES string of the molecule is Cc1cccc(C)c1N=C1C(=Nc2c(C)cccc2C)c2c(C)coc2-c2ccccc21. The van der Waals surface area contributed by atoms with Gasteiger partial charge in [-0.05, 0) is 62.4 Å². The number of aliphatic imine (C=N–C) groups is 2. The number of rotatable bonds is 2. The quantitative estimate of drug-likeness (QED) is 0.328. The zero-order valence-electron chi connectivity index (χ0n) is 19.2. The molecule has 1 heterocycles. The Bertz CT molecular complexity index is 1380. The highest BCUT2D eigenvalue weighted by molar-refractivity contribution is 6.57. The third-order valence-electron chi connectivity index (χ3n) is 6.19. The number of para-hydroxylation sites is 2. The third-order valence-corrected chi connectivity index (χ3v) is 6.19. The molecule has 32 heavy (non-hydrogen) atoms. The van der Waals surface area contributed by atoms with Crippen LogP contribution in [0.4, 0.5) is 11.4 Å². The summed E-state index contributed by atoms with van der Waals surface area (Å²) in [6.45, 7) is 10.5. The van der Waals surface area contributed by atoms with E-state index >= 15 is 0 Å². The van der Waals surface area contributed by atoms with E-state index in [9.17, 15) is 0 Å². The van der Waals surface area contributed by atoms with Gasteiger partial charge in [-0.15, -0.1) is 0 Å². The van der Waals surface area contributed by atoms with E-state index in [1.807, 2.05) is 12.3 Å². The Balaban J connectivity index is 1.88. The van der Waals surface area contributed by atoms with Crippen molar-refractivity contribution in [2.45, 2.75) is 34.6 Å². The molecule has 0 aliphatic heterocycles. The van der Waals surface area contributed by atoms with Crippen LogP contribution in [0.15, 0.2) is 81.3 Å². The molecule has 1 aromatic heterocycles. The summed E-state index contributed by atoms with van der Waals surface area (Å²) in [4.78, 5) is 10.5. The lowest BCUT2D eigenvalue weighted by Crippen LogP contribution is -2.23. The van der Waals surface area contributed by atoms with E-state index in [0.717, 1.165) is 73.1 Å². The van der Waals surface area contributed by atoms with Gasteiger partial charge in [0.25, 0.3) is 0 Å². The molecule has 1 aliphatic rings. The molecular weight excluding hydrogens is 392 g/mol. The molecule has 5 rings (SSSR count). The molecule has 158 valence electrons. The fraction of sp³-hybridized carbons (Fsp3) is 0.172. The summed E-state index contributed by atoms with van der Waals surface area (Å²) in [5.74, 6) is 0.864. The van der Waals surface area contributed by atoms with Crippen molar-refractivity contribution in [2.24, 2.45) is 9.98 Å². The first-order valence-corrected chi connectivity index (χ1v) is 10.9. The predicted octanol–water partition coefficient (Wildman–Crippen LogP) is 7.74. The second-order valence-corrected chi connectivity index (χ2v) is 8.57. The van der Waals surface area contributed by atoms with E-state index in [4.69, 9.17) is 14.4 Å². The summed E-state index contributed by atoms with van der Waals surface area (Å²) in [5.41, 5.74) is 12.5. The Morgan fingerprint density at radius 2 is 1.03 bits per heavy atom. The van der Waals surface area contributed by atoms with Crippen molar-refractivity contribution in [1.29, 1.82) is 0 Å². The van der Waals surface area contributed by atoms with Gasteiger partial charge in [0.1, 0.15) is 11.5 Å². The number of hydrogen-bond donors (Lipinski definition) is 0. The molecule has 3 aromatic carbocycles. The van der Waals surface area contributed by atoms with Crippen molar-refractivity contribution in [3.63, 3.8) is 0 Å². The first kappa shape index (κ1) is 20.2. The van der Waals surface area contributed by atoms with Crippen molar-refractivity contribution >= 4 is 22.8 Å². The van der Waals surface area contributed by atoms with Crippen LogP contribution < -0.4 is 0 Å². The van der Waals surface area contributed by atoms with E-state index in [1.165, 1.54) is 0 Å². The molecule has 0 N–H and O–H groups in total. The third kappa shape index (κ3) is 3.21. The lowest BCUT2D eigenvalue weighted by atomic mass is 9.85. The minimum atomic E-state index is 0.864. The zero-order valence-corrected chi connectivity index (χ0v) is 19.2. The molecule has 0 bridgehead atoms. The fourth-order valence-corrected chi connectivity index (χ4v) is 4.48. The predicted molar refractivity (Wildman–Crippen MR) is 133 cm³/mol. The molecule has 3 heteroatoms. The number of benzene rings is 3. The number of fused-ring (bicyclic) bond motifs is 3. The van der Waals surface area contributed by atoms with Crippen LogP contribution in [0.1, 0.15) is 38.9 Å². The molecule has 0 saturated heterocycles. The zero-order chi connectivity index (χ0) is 22.4. The van der Waals surface area contributed by atoms with Gasteiger partial charge in [0.05, 0.1) is 28.9 Å². The number of aryl methyl sites for hydroxylation is 5. The monoisotopic (exact) mass is 418 g/mol. The molecule has 1 aliphatic carbocycles. The van der Waals surface area contributed by atoms with Gasteiger partial charge in [-0.1, -0.05) is 60.7 Å². The highest BCUT2D eigenvalue weighted by atomic mass is 16.3. The number of hydrogen-bond acceptors (Lipinski definition) is 3. The standard InChI is InChI=1S/C29H26N2O/c1-17-10-8-11-18(2)25(17)30-27-22-14-6-7-15-23(22)29-24(21(5)16-32-29)28(27)31-26-19(3)12-9-13-20(26)4/h6-16H,1-5H3. The summed E-state index contributed by atoms with van der Waals surface area (Å²) in [5, 5.41) is 0. The minimum absolute atomic E-state index is 0.864. The molecule has 4 aromatic rings. The summed E-state index contributed by atoms with van der Waals surface area (Å²) >= 11 is 0. The number of furan rings is 1. The normalized spacial score (nSPS) is 15.2. The van der Waals surface area contributed by atoms with Crippen LogP contribution in [0.2, 0.25) is 0 Å². The van der Waals surface area contributed by atoms with Crippen molar-refractivity contribution in [3.05, 3.63) is 106 Å². The van der Waals surface area contributed by atoms with Crippen LogP contribution in [0.25, 0.3) is 11.3 Å². The van der Waals surface area contributed by atoms with Crippen LogP contribution in [0.3, 0.4) is 0 Å². The van der Waals surface area contributed by atoms with Gasteiger partial charge in [-0.25, -0.2) is 9.98 Å². The molecule has 0 saturated carbocycles. The lowest BCUT2D eigenvalue weighted by molar-refractivity contribution is 0.579. The summed E-state index contributed by atoms with van der Waals surface area (Å²) in [7, 11) is 0. The molecule has 0 amide bonds. The molecule has 0 atom stereocenters. The molecule has 0 unspecified atom stereocenters. The first-order chi connectivity index (χ1) is 15.5. The molecule has 0 spiro atoms. The van der Waals surface area contributed by atoms with Gasteiger partial charge >= 0.3 is 0 Å². The van der Waals surface area contributed by atoms with Crippen LogP contribution >= 0.6 is 0 Å². The van der Waals surface area contributed by atoms with Crippen molar-refractivity contribution in [2.75, 3.05) is 0 Å². The van der Waals surface area contributed by atoms with E-state index in [1.54, 1.807) is 0 Å². The van der Waals surface area contributed by atoms with Crippen LogP contribution in [0.5, 0.6) is 0 Å². The highest BCUT2D eigenvalue weighted by Gasteiger charge is 2.31. The van der Waals surface area contributed by atoms with Crippen molar-refractivity contribution in [3.8, 4) is 11.3 Å². The van der Waals surface area contributed by atoms with Gasteiger partial charge in [0.15, 0.2) is 0 Å². The smallest absolute Gasteiger partial charge is 0.144 e. The van der Waals surface area contributed by atoms with Gasteiger partial charge in [-0.3, -0.25) is 0 Å². The molecule has 0 fully saturated rings. The van der Waals surface area contributed by atoms with E-state index in [0.29, 0.717) is 0 Å². The highest BCUT2D eigenvalue weighted by Crippen LogP contribution is 2.39. The summed E-state index contributed by atoms with van der Waals surface area (Å²) < 4.78 is 6.05. The van der Waals surface area contributed by atoms with E-state index < -0.39 is 0 Å². The second-order valence-electron chi connectivity index (χ2n) is 8.57. The molecular formula is C29H26N2O. The second kappa shape index (κ2) is 7.76. The maximum absolute atomic E-state index is 6.05. The Morgan fingerprint density at radius 3 is 1.59 bits per heavy atom. The van der Waals surface area contributed by atoms with Gasteiger partial charge in [0, 0.05) is 11.1 Å². The summed E-state index contributed by atoms with van der Waals surface area (Å²) in [6.07, 6.45) is 1.82. The van der Waals surface area contributed by atoms with Gasteiger partial charge < -0.3 is 4.42 Å². The topological polar surface area (TPSA) is 37.9 Å². The van der Waals surface area contributed by atoms with Crippen LogP contribution in [0, 0.1) is 34.6 Å². The van der Waals surface area contributed by atoms with Crippen molar-refractivity contribution < 1.29 is 4.42 Å². The van der Waals surface area contributed by atoms with Crippen LogP contribution in [-0.2, 0) is 0 Å². The van der Waals surface area contributed by atoms with E-state index in [-0.39, 0.29) is 0 Å². The van der Waals surface area contributed by atoms with Gasteiger partial charge in [0.2, 0.25) is 0 Å². The van der Waals surface area contributed by atoms with Gasteiger partial charge in [-0.2, -0.15) is 0 Å². The van der Waals surface area contributed by atoms with Crippen LogP contribution in [-0.4, -0.2) is 11.4 Å². The maximum Gasteiger partial charge on any atom is 0.144 e. The Hall–Kier alpha value is -3.72. The maximum atomic E-state index is 6.05. The minimum Gasteiger partial charge on any atom is -0.463 e. The average molecular weight is 419 g/mol. The van der Waals surface area contributed by atoms with Crippen molar-refractivity contribution in [1.82, 2.24) is 0 Å². The largest absolute Gasteiger partial charge is 0.463 e. The number of nitrogens with zero attached hydrogens (tertiary/aromatic N) is 2. The fourth-order valence-electron chi connectivity index (χ4n) is 4.48. The average Bonchev–Trinajstić information content (AvgIpc) is 3.16. The molecule has 0 radical (unpaired) electrons.